The Hall–Kier alpha value is -2.32. The van der Waals surface area contributed by atoms with E-state index in [2.05, 4.69) is 4.90 Å². The summed E-state index contributed by atoms with van der Waals surface area (Å²) < 4.78 is 38.7. The molecule has 1 aliphatic heterocycles. The van der Waals surface area contributed by atoms with Gasteiger partial charge in [0.15, 0.2) is 0 Å². The maximum atomic E-state index is 13.1. The molecule has 0 spiro atoms. The van der Waals surface area contributed by atoms with E-state index in [9.17, 15) is 17.6 Å². The Morgan fingerprint density at radius 3 is 2.37 bits per heavy atom. The molecule has 0 radical (unpaired) electrons. The number of carbonyl (C=O) groups is 1. The minimum atomic E-state index is -3.48. The molecule has 1 heterocycles. The lowest BCUT2D eigenvalue weighted by Crippen LogP contribution is -2.48. The third-order valence-corrected chi connectivity index (χ3v) is 6.50. The standard InChI is InChI=1S/C21H25ClFN3O3S/c1-30(28,29)26(20-5-2-4-17(22)16-20)11-3-6-21(27)25-14-12-24(13-15-25)19-9-7-18(23)8-10-19/h2,4-5,7-10,16H,3,6,11-15H2,1H3. The van der Waals surface area contributed by atoms with Crippen molar-refractivity contribution in [1.29, 1.82) is 0 Å². The van der Waals surface area contributed by atoms with E-state index >= 15 is 0 Å². The van der Waals surface area contributed by atoms with Crippen molar-refractivity contribution in [3.8, 4) is 0 Å². The first-order valence-electron chi connectivity index (χ1n) is 9.75. The minimum Gasteiger partial charge on any atom is -0.368 e. The molecule has 0 aromatic heterocycles. The summed E-state index contributed by atoms with van der Waals surface area (Å²) in [5, 5.41) is 0.455. The summed E-state index contributed by atoms with van der Waals surface area (Å²) in [5.74, 6) is -0.262. The Morgan fingerprint density at radius 2 is 1.77 bits per heavy atom. The lowest BCUT2D eigenvalue weighted by molar-refractivity contribution is -0.131. The van der Waals surface area contributed by atoms with Crippen molar-refractivity contribution in [2.75, 3.05) is 48.2 Å². The van der Waals surface area contributed by atoms with Crippen molar-refractivity contribution in [2.45, 2.75) is 12.8 Å². The zero-order valence-electron chi connectivity index (χ0n) is 16.8. The van der Waals surface area contributed by atoms with Crippen molar-refractivity contribution in [1.82, 2.24) is 4.90 Å². The van der Waals surface area contributed by atoms with Gasteiger partial charge in [0, 0.05) is 49.9 Å². The van der Waals surface area contributed by atoms with E-state index in [1.807, 2.05) is 0 Å². The molecule has 9 heteroatoms. The number of hydrogen-bond donors (Lipinski definition) is 0. The number of hydrogen-bond acceptors (Lipinski definition) is 4. The summed E-state index contributed by atoms with van der Waals surface area (Å²) >= 11 is 5.98. The SMILES string of the molecule is CS(=O)(=O)N(CCCC(=O)N1CCN(c2ccc(F)cc2)CC1)c1cccc(Cl)c1. The molecule has 2 aromatic carbocycles. The van der Waals surface area contributed by atoms with Crippen molar-refractivity contribution in [3.63, 3.8) is 0 Å². The fourth-order valence-corrected chi connectivity index (χ4v) is 4.66. The summed E-state index contributed by atoms with van der Waals surface area (Å²) in [5.41, 5.74) is 1.43. The molecule has 30 heavy (non-hydrogen) atoms. The first-order chi connectivity index (χ1) is 14.2. The minimum absolute atomic E-state index is 0.00769. The fourth-order valence-electron chi connectivity index (χ4n) is 3.52. The number of piperazine rings is 1. The zero-order chi connectivity index (χ0) is 21.7. The van der Waals surface area contributed by atoms with Gasteiger partial charge in [0.2, 0.25) is 15.9 Å². The van der Waals surface area contributed by atoms with E-state index in [4.69, 9.17) is 11.6 Å². The number of carbonyl (C=O) groups excluding carboxylic acids is 1. The summed E-state index contributed by atoms with van der Waals surface area (Å²) in [7, 11) is -3.48. The van der Waals surface area contributed by atoms with E-state index in [1.54, 1.807) is 41.3 Å². The maximum absolute atomic E-state index is 13.1. The van der Waals surface area contributed by atoms with Crippen LogP contribution in [-0.4, -0.2) is 58.2 Å². The highest BCUT2D eigenvalue weighted by Crippen LogP contribution is 2.22. The molecular formula is C21H25ClFN3O3S. The van der Waals surface area contributed by atoms with Crippen LogP contribution in [-0.2, 0) is 14.8 Å². The Kier molecular flexibility index (Phi) is 7.20. The average molecular weight is 454 g/mol. The molecule has 0 atom stereocenters. The molecule has 0 bridgehead atoms. The molecule has 1 amide bonds. The van der Waals surface area contributed by atoms with E-state index in [1.165, 1.54) is 16.4 Å². The van der Waals surface area contributed by atoms with Gasteiger partial charge >= 0.3 is 0 Å². The highest BCUT2D eigenvalue weighted by Gasteiger charge is 2.22. The molecule has 3 rings (SSSR count). The van der Waals surface area contributed by atoms with Crippen LogP contribution in [0.2, 0.25) is 5.02 Å². The van der Waals surface area contributed by atoms with Crippen molar-refractivity contribution >= 4 is 38.9 Å². The van der Waals surface area contributed by atoms with Gasteiger partial charge < -0.3 is 9.80 Å². The van der Waals surface area contributed by atoms with Crippen LogP contribution >= 0.6 is 11.6 Å². The average Bonchev–Trinajstić information content (AvgIpc) is 2.71. The molecule has 2 aromatic rings. The van der Waals surface area contributed by atoms with Gasteiger partial charge in [0.05, 0.1) is 11.9 Å². The quantitative estimate of drug-likeness (QED) is 0.644. The lowest BCUT2D eigenvalue weighted by atomic mass is 10.2. The molecule has 6 nitrogen and oxygen atoms in total. The Balaban J connectivity index is 1.51. The summed E-state index contributed by atoms with van der Waals surface area (Å²) in [6, 6.07) is 13.0. The summed E-state index contributed by atoms with van der Waals surface area (Å²) in [4.78, 5) is 16.5. The monoisotopic (exact) mass is 453 g/mol. The van der Waals surface area contributed by atoms with Gasteiger partial charge in [-0.1, -0.05) is 17.7 Å². The maximum Gasteiger partial charge on any atom is 0.232 e. The molecule has 0 unspecified atom stereocenters. The van der Waals surface area contributed by atoms with Crippen molar-refractivity contribution < 1.29 is 17.6 Å². The van der Waals surface area contributed by atoms with Gasteiger partial charge in [0.25, 0.3) is 0 Å². The topological polar surface area (TPSA) is 60.9 Å². The van der Waals surface area contributed by atoms with Crippen LogP contribution in [0.25, 0.3) is 0 Å². The smallest absolute Gasteiger partial charge is 0.232 e. The summed E-state index contributed by atoms with van der Waals surface area (Å²) in [6.07, 6.45) is 1.82. The highest BCUT2D eigenvalue weighted by molar-refractivity contribution is 7.92. The van der Waals surface area contributed by atoms with E-state index in [0.29, 0.717) is 43.3 Å². The number of sulfonamides is 1. The number of nitrogens with zero attached hydrogens (tertiary/aromatic N) is 3. The molecule has 0 N–H and O–H groups in total. The third kappa shape index (κ3) is 5.86. The Bertz CT molecular complexity index is 977. The first kappa shape index (κ1) is 22.4. The highest BCUT2D eigenvalue weighted by atomic mass is 35.5. The van der Waals surface area contributed by atoms with Crippen molar-refractivity contribution in [2.24, 2.45) is 0 Å². The normalized spacial score (nSPS) is 14.6. The fraction of sp³-hybridized carbons (Fsp3) is 0.381. The molecule has 1 fully saturated rings. The number of benzene rings is 2. The molecule has 0 aliphatic carbocycles. The van der Waals surface area contributed by atoms with E-state index in [-0.39, 0.29) is 24.7 Å². The number of halogens is 2. The van der Waals surface area contributed by atoms with Crippen LogP contribution in [0, 0.1) is 5.82 Å². The second-order valence-electron chi connectivity index (χ2n) is 7.26. The molecule has 0 saturated carbocycles. The van der Waals surface area contributed by atoms with Crippen molar-refractivity contribution in [3.05, 3.63) is 59.4 Å². The zero-order valence-corrected chi connectivity index (χ0v) is 18.4. The van der Waals surface area contributed by atoms with Crippen LogP contribution in [0.4, 0.5) is 15.8 Å². The van der Waals surface area contributed by atoms with Gasteiger partial charge in [-0.25, -0.2) is 12.8 Å². The van der Waals surface area contributed by atoms with Gasteiger partial charge in [-0.05, 0) is 48.9 Å². The molecular weight excluding hydrogens is 429 g/mol. The molecule has 1 aliphatic rings. The molecule has 162 valence electrons. The van der Waals surface area contributed by atoms with E-state index in [0.717, 1.165) is 11.9 Å². The number of anilines is 2. The predicted octanol–water partition coefficient (Wildman–Crippen LogP) is 3.37. The van der Waals surface area contributed by atoms with Crippen LogP contribution in [0.3, 0.4) is 0 Å². The summed E-state index contributed by atoms with van der Waals surface area (Å²) in [6.45, 7) is 2.73. The Labute approximate surface area is 181 Å². The van der Waals surface area contributed by atoms with Gasteiger partial charge in [-0.2, -0.15) is 0 Å². The predicted molar refractivity (Wildman–Crippen MR) is 118 cm³/mol. The molecule has 1 saturated heterocycles. The van der Waals surface area contributed by atoms with Crippen LogP contribution in [0.1, 0.15) is 12.8 Å². The lowest BCUT2D eigenvalue weighted by Gasteiger charge is -2.36. The van der Waals surface area contributed by atoms with Crippen LogP contribution in [0.5, 0.6) is 0 Å². The second kappa shape index (κ2) is 9.66. The van der Waals surface area contributed by atoms with Crippen LogP contribution in [0.15, 0.2) is 48.5 Å². The van der Waals surface area contributed by atoms with Gasteiger partial charge in [-0.3, -0.25) is 9.10 Å². The van der Waals surface area contributed by atoms with Gasteiger partial charge in [0.1, 0.15) is 5.82 Å². The van der Waals surface area contributed by atoms with Crippen LogP contribution < -0.4 is 9.21 Å². The first-order valence-corrected chi connectivity index (χ1v) is 12.0. The third-order valence-electron chi connectivity index (χ3n) is 5.07. The van der Waals surface area contributed by atoms with E-state index < -0.39 is 10.0 Å². The number of amides is 1. The second-order valence-corrected chi connectivity index (χ2v) is 9.61. The van der Waals surface area contributed by atoms with Gasteiger partial charge in [-0.15, -0.1) is 0 Å². The Morgan fingerprint density at radius 1 is 1.10 bits per heavy atom. The number of rotatable bonds is 7. The largest absolute Gasteiger partial charge is 0.368 e.